The van der Waals surface area contributed by atoms with E-state index in [1.165, 1.54) is 0 Å². The Morgan fingerprint density at radius 2 is 1.57 bits per heavy atom. The number of rotatable bonds is 4. The average Bonchev–Trinajstić information content (AvgIpc) is 2.72. The van der Waals surface area contributed by atoms with E-state index in [0.717, 1.165) is 11.3 Å². The zero-order valence-corrected chi connectivity index (χ0v) is 18.0. The summed E-state index contributed by atoms with van der Waals surface area (Å²) < 4.78 is 5.49. The summed E-state index contributed by atoms with van der Waals surface area (Å²) >= 11 is 0. The van der Waals surface area contributed by atoms with Crippen LogP contribution >= 0.6 is 0 Å². The van der Waals surface area contributed by atoms with E-state index in [1.54, 1.807) is 4.90 Å². The first-order valence-corrected chi connectivity index (χ1v) is 10.5. The first-order chi connectivity index (χ1) is 14.3. The van der Waals surface area contributed by atoms with Crippen molar-refractivity contribution in [2.24, 2.45) is 0 Å². The third-order valence-electron chi connectivity index (χ3n) is 5.04. The summed E-state index contributed by atoms with van der Waals surface area (Å²) in [5.74, 6) is 0. The molecule has 2 aromatic carbocycles. The van der Waals surface area contributed by atoms with Gasteiger partial charge in [0.25, 0.3) is 0 Å². The molecule has 1 aliphatic rings. The van der Waals surface area contributed by atoms with Crippen molar-refractivity contribution >= 4 is 17.8 Å². The highest BCUT2D eigenvalue weighted by molar-refractivity contribution is 5.89. The SMILES string of the molecule is CC(C)(C)OC(=O)N1CCC(N(Cc2ccccc2)C(=O)Nc2ccccc2)CC1. The molecule has 0 saturated carbocycles. The van der Waals surface area contributed by atoms with Crippen LogP contribution in [0.1, 0.15) is 39.2 Å². The lowest BCUT2D eigenvalue weighted by Crippen LogP contribution is -2.50. The van der Waals surface area contributed by atoms with Crippen LogP contribution < -0.4 is 5.32 Å². The number of hydrogen-bond acceptors (Lipinski definition) is 3. The Hall–Kier alpha value is -3.02. The second-order valence-electron chi connectivity index (χ2n) is 8.61. The molecular formula is C24H31N3O3. The minimum atomic E-state index is -0.511. The van der Waals surface area contributed by atoms with Gasteiger partial charge in [-0.3, -0.25) is 0 Å². The summed E-state index contributed by atoms with van der Waals surface area (Å²) in [5.41, 5.74) is 1.34. The number of benzene rings is 2. The van der Waals surface area contributed by atoms with Gasteiger partial charge in [-0.15, -0.1) is 0 Å². The number of carbonyl (C=O) groups is 2. The Kier molecular flexibility index (Phi) is 6.98. The molecule has 1 N–H and O–H groups in total. The van der Waals surface area contributed by atoms with Crippen molar-refractivity contribution in [2.75, 3.05) is 18.4 Å². The molecule has 0 unspecified atom stereocenters. The van der Waals surface area contributed by atoms with Gasteiger partial charge in [-0.1, -0.05) is 48.5 Å². The van der Waals surface area contributed by atoms with Gasteiger partial charge < -0.3 is 19.9 Å². The van der Waals surface area contributed by atoms with E-state index in [1.807, 2.05) is 86.3 Å². The molecule has 6 nitrogen and oxygen atoms in total. The highest BCUT2D eigenvalue weighted by atomic mass is 16.6. The largest absolute Gasteiger partial charge is 0.444 e. The van der Waals surface area contributed by atoms with Gasteiger partial charge in [-0.05, 0) is 51.3 Å². The molecule has 0 aromatic heterocycles. The molecule has 1 aliphatic heterocycles. The first-order valence-electron chi connectivity index (χ1n) is 10.5. The summed E-state index contributed by atoms with van der Waals surface area (Å²) in [7, 11) is 0. The number of carbonyl (C=O) groups excluding carboxylic acids is 2. The molecule has 0 aliphatic carbocycles. The van der Waals surface area contributed by atoms with Crippen LogP contribution in [0, 0.1) is 0 Å². The highest BCUT2D eigenvalue weighted by Gasteiger charge is 2.31. The monoisotopic (exact) mass is 409 g/mol. The Morgan fingerprint density at radius 1 is 1.00 bits per heavy atom. The van der Waals surface area contributed by atoms with Crippen LogP contribution in [-0.4, -0.2) is 46.7 Å². The van der Waals surface area contributed by atoms with Crippen LogP contribution in [0.3, 0.4) is 0 Å². The molecule has 160 valence electrons. The summed E-state index contributed by atoms with van der Waals surface area (Å²) in [5, 5.41) is 3.01. The molecule has 0 bridgehead atoms. The molecule has 2 aromatic rings. The average molecular weight is 410 g/mol. The van der Waals surface area contributed by atoms with Crippen molar-refractivity contribution in [1.82, 2.24) is 9.80 Å². The molecule has 3 rings (SSSR count). The smallest absolute Gasteiger partial charge is 0.410 e. The summed E-state index contributed by atoms with van der Waals surface area (Å²) in [6.07, 6.45) is 1.15. The maximum Gasteiger partial charge on any atom is 0.410 e. The molecule has 0 radical (unpaired) electrons. The van der Waals surface area contributed by atoms with Gasteiger partial charge in [0, 0.05) is 31.4 Å². The van der Waals surface area contributed by atoms with Gasteiger partial charge in [-0.25, -0.2) is 9.59 Å². The number of urea groups is 1. The second kappa shape index (κ2) is 9.65. The highest BCUT2D eigenvalue weighted by Crippen LogP contribution is 2.22. The number of ether oxygens (including phenoxy) is 1. The van der Waals surface area contributed by atoms with E-state index >= 15 is 0 Å². The lowest BCUT2D eigenvalue weighted by molar-refractivity contribution is 0.0164. The Labute approximate surface area is 178 Å². The zero-order chi connectivity index (χ0) is 21.6. The topological polar surface area (TPSA) is 61.9 Å². The molecule has 6 heteroatoms. The number of hydrogen-bond donors (Lipinski definition) is 1. The van der Waals surface area contributed by atoms with Gasteiger partial charge in [-0.2, -0.15) is 0 Å². The van der Waals surface area contributed by atoms with Gasteiger partial charge in [0.2, 0.25) is 0 Å². The maximum atomic E-state index is 13.1. The van der Waals surface area contributed by atoms with E-state index in [4.69, 9.17) is 4.74 Å². The number of anilines is 1. The molecule has 3 amide bonds. The van der Waals surface area contributed by atoms with Crippen molar-refractivity contribution in [1.29, 1.82) is 0 Å². The molecule has 1 saturated heterocycles. The Morgan fingerprint density at radius 3 is 2.13 bits per heavy atom. The minimum absolute atomic E-state index is 0.0487. The summed E-state index contributed by atoms with van der Waals surface area (Å²) in [6.45, 7) is 7.27. The van der Waals surface area contributed by atoms with Crippen LogP contribution in [0.5, 0.6) is 0 Å². The fourth-order valence-corrected chi connectivity index (χ4v) is 3.55. The standard InChI is InChI=1S/C24H31N3O3/c1-24(2,3)30-23(29)26-16-14-21(15-17-26)27(18-19-10-6-4-7-11-19)22(28)25-20-12-8-5-9-13-20/h4-13,21H,14-18H2,1-3H3,(H,25,28). The number of para-hydroxylation sites is 1. The van der Waals surface area contributed by atoms with Crippen molar-refractivity contribution in [3.63, 3.8) is 0 Å². The third kappa shape index (κ3) is 6.24. The van der Waals surface area contributed by atoms with E-state index in [2.05, 4.69) is 5.32 Å². The Bertz CT molecular complexity index is 826. The van der Waals surface area contributed by atoms with Crippen LogP contribution in [-0.2, 0) is 11.3 Å². The lowest BCUT2D eigenvalue weighted by atomic mass is 10.0. The predicted octanol–water partition coefficient (Wildman–Crippen LogP) is 5.12. The minimum Gasteiger partial charge on any atom is -0.444 e. The van der Waals surface area contributed by atoms with Gasteiger partial charge in [0.1, 0.15) is 5.60 Å². The number of nitrogens with one attached hydrogen (secondary N) is 1. The van der Waals surface area contributed by atoms with Crippen LogP contribution in [0.25, 0.3) is 0 Å². The summed E-state index contributed by atoms with van der Waals surface area (Å²) in [6, 6.07) is 19.4. The maximum absolute atomic E-state index is 13.1. The number of amides is 3. The normalized spacial score (nSPS) is 14.8. The molecule has 1 fully saturated rings. The predicted molar refractivity (Wildman–Crippen MR) is 118 cm³/mol. The lowest BCUT2D eigenvalue weighted by Gasteiger charge is -2.39. The fraction of sp³-hybridized carbons (Fsp3) is 0.417. The van der Waals surface area contributed by atoms with Gasteiger partial charge >= 0.3 is 12.1 Å². The third-order valence-corrected chi connectivity index (χ3v) is 5.04. The first kappa shape index (κ1) is 21.7. The molecular weight excluding hydrogens is 378 g/mol. The molecule has 0 atom stereocenters. The van der Waals surface area contributed by atoms with Crippen LogP contribution in [0.15, 0.2) is 60.7 Å². The van der Waals surface area contributed by atoms with E-state index in [9.17, 15) is 9.59 Å². The quantitative estimate of drug-likeness (QED) is 0.762. The van der Waals surface area contributed by atoms with Crippen LogP contribution in [0.2, 0.25) is 0 Å². The van der Waals surface area contributed by atoms with E-state index in [-0.39, 0.29) is 18.2 Å². The van der Waals surface area contributed by atoms with Crippen LogP contribution in [0.4, 0.5) is 15.3 Å². The number of nitrogens with zero attached hydrogens (tertiary/aromatic N) is 2. The Balaban J connectivity index is 1.68. The fourth-order valence-electron chi connectivity index (χ4n) is 3.55. The number of piperidine rings is 1. The van der Waals surface area contributed by atoms with Crippen molar-refractivity contribution in [3.05, 3.63) is 66.2 Å². The van der Waals surface area contributed by atoms with Crippen molar-refractivity contribution in [3.8, 4) is 0 Å². The molecule has 0 spiro atoms. The second-order valence-corrected chi connectivity index (χ2v) is 8.61. The van der Waals surface area contributed by atoms with E-state index < -0.39 is 5.60 Å². The van der Waals surface area contributed by atoms with Crippen molar-refractivity contribution < 1.29 is 14.3 Å². The van der Waals surface area contributed by atoms with Gasteiger partial charge in [0.15, 0.2) is 0 Å². The molecule has 30 heavy (non-hydrogen) atoms. The van der Waals surface area contributed by atoms with Gasteiger partial charge in [0.05, 0.1) is 0 Å². The summed E-state index contributed by atoms with van der Waals surface area (Å²) in [4.78, 5) is 29.1. The molecule has 1 heterocycles. The zero-order valence-electron chi connectivity index (χ0n) is 18.0. The number of likely N-dealkylation sites (tertiary alicyclic amines) is 1. The van der Waals surface area contributed by atoms with E-state index in [0.29, 0.717) is 32.5 Å². The van der Waals surface area contributed by atoms with Crippen molar-refractivity contribution in [2.45, 2.75) is 51.8 Å².